The maximum atomic E-state index is 6.20. The Morgan fingerprint density at radius 1 is 1.15 bits per heavy atom. The molecule has 2 N–H and O–H groups in total. The smallest absolute Gasteiger partial charge is 0.186 e. The Balaban J connectivity index is 2.09. The molecular formula is C18H18Cl3N3O2S. The van der Waals surface area contributed by atoms with Gasteiger partial charge < -0.3 is 14.8 Å². The number of rotatable bonds is 7. The summed E-state index contributed by atoms with van der Waals surface area (Å²) in [5.41, 5.74) is 4.15. The third kappa shape index (κ3) is 6.14. The number of ether oxygens (including phenoxy) is 2. The van der Waals surface area contributed by atoms with Crippen LogP contribution in [0, 0.1) is 0 Å². The van der Waals surface area contributed by atoms with Crippen LogP contribution in [0.3, 0.4) is 0 Å². The van der Waals surface area contributed by atoms with Crippen LogP contribution in [-0.4, -0.2) is 25.0 Å². The lowest BCUT2D eigenvalue weighted by Gasteiger charge is -2.13. The van der Waals surface area contributed by atoms with Gasteiger partial charge in [-0.1, -0.05) is 34.8 Å². The van der Waals surface area contributed by atoms with Gasteiger partial charge in [0, 0.05) is 17.1 Å². The van der Waals surface area contributed by atoms with Gasteiger partial charge in [0.2, 0.25) is 0 Å². The van der Waals surface area contributed by atoms with Crippen LogP contribution in [0.15, 0.2) is 35.4 Å². The topological polar surface area (TPSA) is 54.9 Å². The van der Waals surface area contributed by atoms with Crippen molar-refractivity contribution in [3.63, 3.8) is 0 Å². The lowest BCUT2D eigenvalue weighted by atomic mass is 10.2. The van der Waals surface area contributed by atoms with Gasteiger partial charge in [0.1, 0.15) is 6.61 Å². The van der Waals surface area contributed by atoms with E-state index in [4.69, 9.17) is 56.5 Å². The molecule has 0 aliphatic carbocycles. The molecule has 0 atom stereocenters. The van der Waals surface area contributed by atoms with Gasteiger partial charge in [-0.25, -0.2) is 0 Å². The van der Waals surface area contributed by atoms with E-state index in [0.717, 1.165) is 12.1 Å². The zero-order chi connectivity index (χ0) is 19.8. The molecule has 144 valence electrons. The van der Waals surface area contributed by atoms with E-state index in [0.29, 0.717) is 37.2 Å². The van der Waals surface area contributed by atoms with Crippen LogP contribution >= 0.6 is 47.0 Å². The van der Waals surface area contributed by atoms with Crippen molar-refractivity contribution in [1.82, 2.24) is 10.7 Å². The lowest BCUT2D eigenvalue weighted by Crippen LogP contribution is -2.31. The Morgan fingerprint density at radius 3 is 2.59 bits per heavy atom. The predicted molar refractivity (Wildman–Crippen MR) is 116 cm³/mol. The van der Waals surface area contributed by atoms with Crippen molar-refractivity contribution < 1.29 is 9.47 Å². The first kappa shape index (κ1) is 21.6. The van der Waals surface area contributed by atoms with Crippen molar-refractivity contribution in [3.8, 4) is 11.5 Å². The minimum absolute atomic E-state index is 0.153. The fraction of sp³-hybridized carbons (Fsp3) is 0.222. The van der Waals surface area contributed by atoms with Crippen LogP contribution in [0.25, 0.3) is 0 Å². The van der Waals surface area contributed by atoms with Crippen LogP contribution in [0.2, 0.25) is 15.1 Å². The Kier molecular flexibility index (Phi) is 8.44. The number of methoxy groups -OCH3 is 1. The Labute approximate surface area is 178 Å². The number of nitrogens with zero attached hydrogens (tertiary/aromatic N) is 1. The summed E-state index contributed by atoms with van der Waals surface area (Å²) in [6.45, 7) is 2.83. The van der Waals surface area contributed by atoms with E-state index in [1.165, 1.54) is 0 Å². The molecule has 0 saturated carbocycles. The van der Waals surface area contributed by atoms with Gasteiger partial charge in [-0.05, 0) is 55.0 Å². The molecule has 0 bridgehead atoms. The first-order chi connectivity index (χ1) is 13.0. The standard InChI is InChI=1S/C18H18Cl3N3O2S/c1-3-22-18(27)24-23-9-11-4-7-15(16(8-11)25-2)26-10-12-13(19)5-6-14(20)17(12)21/h4-9H,3,10H2,1-2H3,(H2,22,24,27). The van der Waals surface area contributed by atoms with Gasteiger partial charge in [-0.3, -0.25) is 5.43 Å². The fourth-order valence-electron chi connectivity index (χ4n) is 2.10. The molecule has 5 nitrogen and oxygen atoms in total. The molecule has 27 heavy (non-hydrogen) atoms. The van der Waals surface area contributed by atoms with E-state index < -0.39 is 0 Å². The predicted octanol–water partition coefficient (Wildman–Crippen LogP) is 5.05. The summed E-state index contributed by atoms with van der Waals surface area (Å²) in [5.74, 6) is 1.08. The molecule has 2 aromatic rings. The van der Waals surface area contributed by atoms with Crippen molar-refractivity contribution in [2.24, 2.45) is 5.10 Å². The number of halogens is 3. The zero-order valence-corrected chi connectivity index (χ0v) is 17.8. The summed E-state index contributed by atoms with van der Waals surface area (Å²) in [5, 5.41) is 8.73. The maximum absolute atomic E-state index is 6.20. The van der Waals surface area contributed by atoms with E-state index in [2.05, 4.69) is 15.8 Å². The summed E-state index contributed by atoms with van der Waals surface area (Å²) in [7, 11) is 1.56. The van der Waals surface area contributed by atoms with Gasteiger partial charge in [-0.15, -0.1) is 0 Å². The van der Waals surface area contributed by atoms with Crippen LogP contribution in [0.4, 0.5) is 0 Å². The summed E-state index contributed by atoms with van der Waals surface area (Å²) in [4.78, 5) is 0. The highest BCUT2D eigenvalue weighted by molar-refractivity contribution is 7.80. The monoisotopic (exact) mass is 445 g/mol. The number of hydrogen-bond acceptors (Lipinski definition) is 4. The van der Waals surface area contributed by atoms with Gasteiger partial charge in [0.25, 0.3) is 0 Å². The van der Waals surface area contributed by atoms with Gasteiger partial charge in [0.05, 0.1) is 23.4 Å². The molecule has 0 aliphatic rings. The van der Waals surface area contributed by atoms with Crippen molar-refractivity contribution in [2.75, 3.05) is 13.7 Å². The average Bonchev–Trinajstić information content (AvgIpc) is 2.65. The molecule has 0 spiro atoms. The van der Waals surface area contributed by atoms with E-state index in [9.17, 15) is 0 Å². The molecule has 0 saturated heterocycles. The minimum atomic E-state index is 0.153. The summed E-state index contributed by atoms with van der Waals surface area (Å²) >= 11 is 23.4. The van der Waals surface area contributed by atoms with Crippen LogP contribution in [0.1, 0.15) is 18.1 Å². The normalized spacial score (nSPS) is 10.7. The van der Waals surface area contributed by atoms with Crippen molar-refractivity contribution in [2.45, 2.75) is 13.5 Å². The molecule has 0 unspecified atom stereocenters. The molecule has 0 amide bonds. The zero-order valence-electron chi connectivity index (χ0n) is 14.7. The number of hydrazone groups is 1. The Bertz CT molecular complexity index is 847. The second kappa shape index (κ2) is 10.6. The Hall–Kier alpha value is -1.73. The van der Waals surface area contributed by atoms with Gasteiger partial charge in [0.15, 0.2) is 16.6 Å². The number of benzene rings is 2. The highest BCUT2D eigenvalue weighted by Crippen LogP contribution is 2.34. The Morgan fingerprint density at radius 2 is 1.89 bits per heavy atom. The number of hydrogen-bond donors (Lipinski definition) is 2. The minimum Gasteiger partial charge on any atom is -0.493 e. The molecule has 2 rings (SSSR count). The van der Waals surface area contributed by atoms with Crippen molar-refractivity contribution in [3.05, 3.63) is 56.5 Å². The molecule has 0 radical (unpaired) electrons. The van der Waals surface area contributed by atoms with E-state index in [1.807, 2.05) is 13.0 Å². The maximum Gasteiger partial charge on any atom is 0.186 e. The third-order valence-electron chi connectivity index (χ3n) is 3.42. The average molecular weight is 447 g/mol. The highest BCUT2D eigenvalue weighted by Gasteiger charge is 2.12. The molecule has 0 aromatic heterocycles. The largest absolute Gasteiger partial charge is 0.493 e. The quantitative estimate of drug-likeness (QED) is 0.270. The second-order valence-electron chi connectivity index (χ2n) is 5.25. The molecule has 0 fully saturated rings. The molecule has 2 aromatic carbocycles. The van der Waals surface area contributed by atoms with Crippen molar-refractivity contribution >= 4 is 58.3 Å². The van der Waals surface area contributed by atoms with Crippen LogP contribution in [-0.2, 0) is 6.61 Å². The first-order valence-corrected chi connectivity index (χ1v) is 9.50. The summed E-state index contributed by atoms with van der Waals surface area (Å²) < 4.78 is 11.2. The van der Waals surface area contributed by atoms with Gasteiger partial charge >= 0.3 is 0 Å². The summed E-state index contributed by atoms with van der Waals surface area (Å²) in [6, 6.07) is 8.71. The summed E-state index contributed by atoms with van der Waals surface area (Å²) in [6.07, 6.45) is 1.63. The number of nitrogens with one attached hydrogen (secondary N) is 2. The second-order valence-corrected chi connectivity index (χ2v) is 6.85. The SMILES string of the molecule is CCNC(=S)NN=Cc1ccc(OCc2c(Cl)ccc(Cl)c2Cl)c(OC)c1. The molecule has 0 heterocycles. The van der Waals surface area contributed by atoms with E-state index >= 15 is 0 Å². The van der Waals surface area contributed by atoms with E-state index in [-0.39, 0.29) is 6.61 Å². The first-order valence-electron chi connectivity index (χ1n) is 7.96. The molecule has 0 aliphatic heterocycles. The third-order valence-corrected chi connectivity index (χ3v) is 4.85. The van der Waals surface area contributed by atoms with Crippen molar-refractivity contribution in [1.29, 1.82) is 0 Å². The van der Waals surface area contributed by atoms with Gasteiger partial charge in [-0.2, -0.15) is 5.10 Å². The fourth-order valence-corrected chi connectivity index (χ4v) is 2.95. The molecule has 9 heteroatoms. The lowest BCUT2D eigenvalue weighted by molar-refractivity contribution is 0.284. The molecular weight excluding hydrogens is 429 g/mol. The van der Waals surface area contributed by atoms with E-state index in [1.54, 1.807) is 37.6 Å². The van der Waals surface area contributed by atoms with Crippen LogP contribution in [0.5, 0.6) is 11.5 Å². The van der Waals surface area contributed by atoms with Crippen LogP contribution < -0.4 is 20.2 Å². The number of thiocarbonyl (C=S) groups is 1. The highest BCUT2D eigenvalue weighted by atomic mass is 35.5.